The van der Waals surface area contributed by atoms with Gasteiger partial charge in [0.05, 0.1) is 18.8 Å². The van der Waals surface area contributed by atoms with Crippen molar-refractivity contribution in [3.63, 3.8) is 0 Å². The van der Waals surface area contributed by atoms with E-state index in [0.717, 1.165) is 11.3 Å². The lowest BCUT2D eigenvalue weighted by Crippen LogP contribution is -2.39. The number of ether oxygens (including phenoxy) is 2. The molecule has 0 spiro atoms. The molecular weight excluding hydrogens is 299 g/mol. The summed E-state index contributed by atoms with van der Waals surface area (Å²) in [7, 11) is 1.31. The van der Waals surface area contributed by atoms with Crippen molar-refractivity contribution in [1.29, 1.82) is 0 Å². The highest BCUT2D eigenvalue weighted by molar-refractivity contribution is 5.90. The molecule has 0 radical (unpaired) electrons. The number of alkyl halides is 3. The van der Waals surface area contributed by atoms with Gasteiger partial charge in [-0.05, 0) is 37.5 Å². The smallest absolute Gasteiger partial charge is 0.465 e. The molecule has 1 aromatic carbocycles. The van der Waals surface area contributed by atoms with Gasteiger partial charge in [-0.2, -0.15) is 0 Å². The Morgan fingerprint density at radius 3 is 2.45 bits per heavy atom. The molecule has 122 valence electrons. The summed E-state index contributed by atoms with van der Waals surface area (Å²) in [6, 6.07) is 5.19. The van der Waals surface area contributed by atoms with Crippen LogP contribution < -0.4 is 4.90 Å². The number of methoxy groups -OCH3 is 1. The number of benzene rings is 1. The summed E-state index contributed by atoms with van der Waals surface area (Å²) >= 11 is 0. The van der Waals surface area contributed by atoms with Gasteiger partial charge in [0.2, 0.25) is 0 Å². The highest BCUT2D eigenvalue weighted by atomic mass is 19.4. The van der Waals surface area contributed by atoms with Gasteiger partial charge in [-0.1, -0.05) is 6.07 Å². The molecule has 0 aliphatic carbocycles. The fourth-order valence-electron chi connectivity index (χ4n) is 2.60. The van der Waals surface area contributed by atoms with Crippen LogP contribution in [0.2, 0.25) is 0 Å². The van der Waals surface area contributed by atoms with Gasteiger partial charge in [0.15, 0.2) is 0 Å². The number of piperidine rings is 1. The Bertz CT molecular complexity index is 537. The maximum absolute atomic E-state index is 12.2. The second-order valence-electron chi connectivity index (χ2n) is 5.24. The molecule has 1 fully saturated rings. The van der Waals surface area contributed by atoms with Gasteiger partial charge in [0.1, 0.15) is 0 Å². The zero-order valence-electron chi connectivity index (χ0n) is 12.4. The molecule has 4 nitrogen and oxygen atoms in total. The van der Waals surface area contributed by atoms with Gasteiger partial charge in [0.25, 0.3) is 0 Å². The Hall–Kier alpha value is -1.76. The van der Waals surface area contributed by atoms with Crippen molar-refractivity contribution in [2.24, 2.45) is 0 Å². The fourth-order valence-corrected chi connectivity index (χ4v) is 2.60. The van der Waals surface area contributed by atoms with E-state index >= 15 is 0 Å². The Morgan fingerprint density at radius 2 is 1.91 bits per heavy atom. The number of nitrogens with zero attached hydrogens (tertiary/aromatic N) is 1. The summed E-state index contributed by atoms with van der Waals surface area (Å²) in [4.78, 5) is 13.6. The van der Waals surface area contributed by atoms with Crippen molar-refractivity contribution in [2.45, 2.75) is 32.2 Å². The second kappa shape index (κ2) is 6.56. The summed E-state index contributed by atoms with van der Waals surface area (Å²) in [5.74, 6) is -0.434. The lowest BCUT2D eigenvalue weighted by Gasteiger charge is -2.34. The van der Waals surface area contributed by atoms with Gasteiger partial charge in [0, 0.05) is 18.8 Å². The van der Waals surface area contributed by atoms with E-state index in [0.29, 0.717) is 31.5 Å². The van der Waals surface area contributed by atoms with Crippen LogP contribution in [0.5, 0.6) is 0 Å². The van der Waals surface area contributed by atoms with E-state index in [1.54, 1.807) is 18.2 Å². The highest BCUT2D eigenvalue weighted by Crippen LogP contribution is 2.29. The molecule has 0 aromatic heterocycles. The molecule has 0 N–H and O–H groups in total. The molecular formula is C15H18F3NO3. The van der Waals surface area contributed by atoms with Gasteiger partial charge < -0.3 is 9.64 Å². The summed E-state index contributed by atoms with van der Waals surface area (Å²) < 4.78 is 45.4. The first-order valence-corrected chi connectivity index (χ1v) is 6.98. The van der Waals surface area contributed by atoms with Crippen LogP contribution in [0, 0.1) is 6.92 Å². The third-order valence-electron chi connectivity index (χ3n) is 3.71. The lowest BCUT2D eigenvalue weighted by atomic mass is 10.0. The molecule has 1 saturated heterocycles. The van der Waals surface area contributed by atoms with E-state index in [4.69, 9.17) is 0 Å². The second-order valence-corrected chi connectivity index (χ2v) is 5.24. The van der Waals surface area contributed by atoms with Gasteiger partial charge in [-0.3, -0.25) is 4.74 Å². The number of aryl methyl sites for hydroxylation is 1. The molecule has 1 aliphatic rings. The van der Waals surface area contributed by atoms with Crippen LogP contribution in [0.4, 0.5) is 18.9 Å². The fraction of sp³-hybridized carbons (Fsp3) is 0.533. The topological polar surface area (TPSA) is 38.8 Å². The number of halogens is 3. The Labute approximate surface area is 126 Å². The highest BCUT2D eigenvalue weighted by Gasteiger charge is 2.35. The maximum Gasteiger partial charge on any atom is 0.522 e. The van der Waals surface area contributed by atoms with E-state index in [1.165, 1.54) is 7.11 Å². The molecule has 7 heteroatoms. The third kappa shape index (κ3) is 4.13. The lowest BCUT2D eigenvalue weighted by molar-refractivity contribution is -0.344. The monoisotopic (exact) mass is 317 g/mol. The predicted octanol–water partition coefficient (Wildman–Crippen LogP) is 3.29. The Balaban J connectivity index is 2.06. The molecule has 0 unspecified atom stereocenters. The number of esters is 1. The molecule has 0 saturated carbocycles. The van der Waals surface area contributed by atoms with Crippen LogP contribution in [0.3, 0.4) is 0 Å². The van der Waals surface area contributed by atoms with Crippen LogP contribution in [-0.4, -0.2) is 38.6 Å². The van der Waals surface area contributed by atoms with Crippen molar-refractivity contribution in [1.82, 2.24) is 0 Å². The van der Waals surface area contributed by atoms with Gasteiger partial charge >= 0.3 is 12.3 Å². The van der Waals surface area contributed by atoms with Crippen molar-refractivity contribution in [3.05, 3.63) is 29.3 Å². The van der Waals surface area contributed by atoms with Crippen molar-refractivity contribution in [3.8, 4) is 0 Å². The number of hydrogen-bond donors (Lipinski definition) is 0. The van der Waals surface area contributed by atoms with Crippen LogP contribution >= 0.6 is 0 Å². The van der Waals surface area contributed by atoms with E-state index in [9.17, 15) is 18.0 Å². The van der Waals surface area contributed by atoms with Gasteiger partial charge in [-0.25, -0.2) is 4.79 Å². The summed E-state index contributed by atoms with van der Waals surface area (Å²) in [5.41, 5.74) is 2.23. The average molecular weight is 317 g/mol. The first-order chi connectivity index (χ1) is 10.3. The van der Waals surface area contributed by atoms with Crippen LogP contribution in [-0.2, 0) is 9.47 Å². The molecule has 1 heterocycles. The summed E-state index contributed by atoms with van der Waals surface area (Å²) in [6.45, 7) is 2.80. The molecule has 2 rings (SSSR count). The minimum Gasteiger partial charge on any atom is -0.465 e. The average Bonchev–Trinajstić information content (AvgIpc) is 2.46. The first kappa shape index (κ1) is 16.6. The minimum absolute atomic E-state index is 0.293. The zero-order chi connectivity index (χ0) is 16.3. The summed E-state index contributed by atoms with van der Waals surface area (Å²) in [6.07, 6.45) is -4.81. The van der Waals surface area contributed by atoms with Crippen molar-refractivity contribution in [2.75, 3.05) is 25.1 Å². The summed E-state index contributed by atoms with van der Waals surface area (Å²) in [5, 5.41) is 0. The third-order valence-corrected chi connectivity index (χ3v) is 3.71. The first-order valence-electron chi connectivity index (χ1n) is 6.98. The zero-order valence-corrected chi connectivity index (χ0v) is 12.4. The SMILES string of the molecule is COC(=O)c1ccc(C)c(N2CCC(OC(F)(F)F)CC2)c1. The van der Waals surface area contributed by atoms with Crippen LogP contribution in [0.25, 0.3) is 0 Å². The van der Waals surface area contributed by atoms with Gasteiger partial charge in [-0.15, -0.1) is 13.2 Å². The molecule has 0 atom stereocenters. The van der Waals surface area contributed by atoms with E-state index in [2.05, 4.69) is 9.47 Å². The number of rotatable bonds is 3. The molecule has 1 aliphatic heterocycles. The normalized spacial score (nSPS) is 16.7. The standard InChI is InChI=1S/C15H18F3NO3/c1-10-3-4-11(14(20)21-2)9-13(10)19-7-5-12(6-8-19)22-15(16,17)18/h3-4,9,12H,5-8H2,1-2H3. The molecule has 22 heavy (non-hydrogen) atoms. The van der Waals surface area contributed by atoms with E-state index in [-0.39, 0.29) is 0 Å². The predicted molar refractivity (Wildman–Crippen MR) is 74.9 cm³/mol. The molecule has 0 bridgehead atoms. The van der Waals surface area contributed by atoms with Crippen molar-refractivity contribution >= 4 is 11.7 Å². The van der Waals surface area contributed by atoms with Crippen molar-refractivity contribution < 1.29 is 27.4 Å². The van der Waals surface area contributed by atoms with Crippen LogP contribution in [0.1, 0.15) is 28.8 Å². The molecule has 1 aromatic rings. The molecule has 0 amide bonds. The number of carbonyl (C=O) groups is 1. The minimum atomic E-state index is -4.59. The largest absolute Gasteiger partial charge is 0.522 e. The number of anilines is 1. The quantitative estimate of drug-likeness (QED) is 0.802. The van der Waals surface area contributed by atoms with E-state index in [1.807, 2.05) is 11.8 Å². The number of carbonyl (C=O) groups excluding carboxylic acids is 1. The Kier molecular flexibility index (Phi) is 4.95. The van der Waals surface area contributed by atoms with Crippen LogP contribution in [0.15, 0.2) is 18.2 Å². The maximum atomic E-state index is 12.2. The number of hydrogen-bond acceptors (Lipinski definition) is 4. The Morgan fingerprint density at radius 1 is 1.27 bits per heavy atom. The van der Waals surface area contributed by atoms with E-state index < -0.39 is 18.4 Å².